The summed E-state index contributed by atoms with van der Waals surface area (Å²) in [7, 11) is 0. The highest BCUT2D eigenvalue weighted by molar-refractivity contribution is 4.85. The van der Waals surface area contributed by atoms with Gasteiger partial charge in [-0.15, -0.1) is 0 Å². The van der Waals surface area contributed by atoms with E-state index < -0.39 is 0 Å². The second kappa shape index (κ2) is 19.5. The van der Waals surface area contributed by atoms with Gasteiger partial charge in [-0.05, 0) is 31.1 Å². The van der Waals surface area contributed by atoms with E-state index in [1.54, 1.807) is 0 Å². The van der Waals surface area contributed by atoms with E-state index in [1.165, 1.54) is 122 Å². The third-order valence-corrected chi connectivity index (χ3v) is 6.55. The summed E-state index contributed by atoms with van der Waals surface area (Å²) in [6.45, 7) is 9.36. The van der Waals surface area contributed by atoms with Gasteiger partial charge < -0.3 is 0 Å². The topological polar surface area (TPSA) is 0 Å². The predicted octanol–water partition coefficient (Wildman–Crippen LogP) is 10.0. The monoisotopic (exact) mass is 364 g/mol. The van der Waals surface area contributed by atoms with Crippen molar-refractivity contribution in [2.75, 3.05) is 0 Å². The van der Waals surface area contributed by atoms with Crippen molar-refractivity contribution in [3.63, 3.8) is 0 Å². The molecule has 0 N–H and O–H groups in total. The lowest BCUT2D eigenvalue weighted by molar-refractivity contribution is 0.211. The van der Waals surface area contributed by atoms with Crippen LogP contribution in [0.15, 0.2) is 12.2 Å². The average Bonchev–Trinajstić information content (AvgIpc) is 2.67. The largest absolute Gasteiger partial charge is 0.0888 e. The molecule has 0 heteroatoms. The first-order valence-corrected chi connectivity index (χ1v) is 12.4. The Bertz CT molecular complexity index is 284. The van der Waals surface area contributed by atoms with E-state index in [-0.39, 0.29) is 0 Å². The molecule has 0 rings (SSSR count). The Morgan fingerprint density at radius 2 is 0.962 bits per heavy atom. The predicted molar refractivity (Wildman–Crippen MR) is 122 cm³/mol. The molecule has 156 valence electrons. The van der Waals surface area contributed by atoms with Crippen LogP contribution >= 0.6 is 0 Å². The Balaban J connectivity index is 3.56. The third kappa shape index (κ3) is 14.9. The number of hydrogen-bond donors (Lipinski definition) is 0. The fraction of sp³-hybridized carbons (Fsp3) is 0.923. The minimum absolute atomic E-state index is 0.621. The summed E-state index contributed by atoms with van der Waals surface area (Å²) in [4.78, 5) is 0. The standard InChI is InChI=1S/C26H52/c1-5-9-11-13-14-15-16-17-18-19-20-21-23-25-26(7-3,8-4)24-22-12-10-6-2/h10,12H,5-9,11,13-25H2,1-4H3/b12-10+. The van der Waals surface area contributed by atoms with Crippen LogP contribution in [-0.4, -0.2) is 0 Å². The smallest absolute Gasteiger partial charge is 0.0300 e. The highest BCUT2D eigenvalue weighted by Crippen LogP contribution is 2.37. The molecule has 0 aliphatic rings. The van der Waals surface area contributed by atoms with Gasteiger partial charge in [0.1, 0.15) is 0 Å². The molecule has 0 amide bonds. The Morgan fingerprint density at radius 1 is 0.500 bits per heavy atom. The molecule has 0 aliphatic heterocycles. The van der Waals surface area contributed by atoms with E-state index in [9.17, 15) is 0 Å². The Morgan fingerprint density at radius 3 is 1.38 bits per heavy atom. The molecule has 0 fully saturated rings. The third-order valence-electron chi connectivity index (χ3n) is 6.55. The normalized spacial score (nSPS) is 12.3. The maximum atomic E-state index is 2.41. The van der Waals surface area contributed by atoms with Gasteiger partial charge >= 0.3 is 0 Å². The van der Waals surface area contributed by atoms with Crippen LogP contribution in [0.5, 0.6) is 0 Å². The second-order valence-electron chi connectivity index (χ2n) is 8.62. The van der Waals surface area contributed by atoms with E-state index >= 15 is 0 Å². The number of hydrogen-bond acceptors (Lipinski definition) is 0. The molecule has 0 saturated carbocycles. The van der Waals surface area contributed by atoms with E-state index in [0.29, 0.717) is 5.41 Å². The van der Waals surface area contributed by atoms with Gasteiger partial charge in [-0.25, -0.2) is 0 Å². The SMILES string of the molecule is CC/C=C/CCC(CC)(CC)CCCCCCCCCCCCCCC. The van der Waals surface area contributed by atoms with Crippen molar-refractivity contribution in [3.8, 4) is 0 Å². The van der Waals surface area contributed by atoms with E-state index in [4.69, 9.17) is 0 Å². The maximum absolute atomic E-state index is 2.41. The molecule has 0 atom stereocenters. The molecule has 0 saturated heterocycles. The molecule has 0 aromatic rings. The highest BCUT2D eigenvalue weighted by atomic mass is 14.3. The van der Waals surface area contributed by atoms with Gasteiger partial charge in [0.25, 0.3) is 0 Å². The average molecular weight is 365 g/mol. The summed E-state index contributed by atoms with van der Waals surface area (Å²) in [5.74, 6) is 0. The second-order valence-corrected chi connectivity index (χ2v) is 8.62. The highest BCUT2D eigenvalue weighted by Gasteiger charge is 2.24. The zero-order valence-electron chi connectivity index (χ0n) is 19.1. The molecule has 0 bridgehead atoms. The molecule has 0 aromatic heterocycles. The number of rotatable bonds is 20. The first kappa shape index (κ1) is 25.7. The van der Waals surface area contributed by atoms with Crippen molar-refractivity contribution >= 4 is 0 Å². The fourth-order valence-corrected chi connectivity index (χ4v) is 4.27. The maximum Gasteiger partial charge on any atom is -0.0300 e. The Labute approximate surface area is 167 Å². The quantitative estimate of drug-likeness (QED) is 0.149. The summed E-state index contributed by atoms with van der Waals surface area (Å²) in [6, 6.07) is 0. The molecular formula is C26H52. The minimum Gasteiger partial charge on any atom is -0.0888 e. The molecule has 0 spiro atoms. The summed E-state index contributed by atoms with van der Waals surface area (Å²) in [5, 5.41) is 0. The lowest BCUT2D eigenvalue weighted by atomic mass is 9.74. The summed E-state index contributed by atoms with van der Waals surface area (Å²) in [6.07, 6.45) is 31.8. The van der Waals surface area contributed by atoms with Crippen LogP contribution < -0.4 is 0 Å². The van der Waals surface area contributed by atoms with Gasteiger partial charge in [0.05, 0.1) is 0 Å². The molecule has 0 radical (unpaired) electrons. The van der Waals surface area contributed by atoms with Crippen LogP contribution in [-0.2, 0) is 0 Å². The minimum atomic E-state index is 0.621. The molecule has 0 aliphatic carbocycles. The zero-order chi connectivity index (χ0) is 19.3. The Hall–Kier alpha value is -0.260. The first-order valence-electron chi connectivity index (χ1n) is 12.4. The molecule has 0 aromatic carbocycles. The number of unbranched alkanes of at least 4 members (excludes halogenated alkanes) is 12. The van der Waals surface area contributed by atoms with Crippen LogP contribution in [0.2, 0.25) is 0 Å². The molecule has 0 heterocycles. The van der Waals surface area contributed by atoms with Crippen LogP contribution in [0.4, 0.5) is 0 Å². The van der Waals surface area contributed by atoms with Gasteiger partial charge in [-0.1, -0.05) is 136 Å². The molecule has 0 nitrogen and oxygen atoms in total. The molecule has 0 unspecified atom stereocenters. The summed E-state index contributed by atoms with van der Waals surface area (Å²) in [5.41, 5.74) is 0.621. The van der Waals surface area contributed by atoms with Crippen molar-refractivity contribution < 1.29 is 0 Å². The van der Waals surface area contributed by atoms with Crippen LogP contribution in [0, 0.1) is 5.41 Å². The van der Waals surface area contributed by atoms with Crippen molar-refractivity contribution in [3.05, 3.63) is 12.2 Å². The van der Waals surface area contributed by atoms with Crippen molar-refractivity contribution in [1.29, 1.82) is 0 Å². The van der Waals surface area contributed by atoms with Gasteiger partial charge in [0.15, 0.2) is 0 Å². The first-order chi connectivity index (χ1) is 12.7. The van der Waals surface area contributed by atoms with E-state index in [1.807, 2.05) is 0 Å². The molecule has 26 heavy (non-hydrogen) atoms. The van der Waals surface area contributed by atoms with Gasteiger partial charge in [-0.3, -0.25) is 0 Å². The van der Waals surface area contributed by atoms with Crippen LogP contribution in [0.1, 0.15) is 150 Å². The van der Waals surface area contributed by atoms with Gasteiger partial charge in [0, 0.05) is 0 Å². The van der Waals surface area contributed by atoms with Crippen molar-refractivity contribution in [2.45, 2.75) is 150 Å². The Kier molecular flexibility index (Phi) is 19.3. The summed E-state index contributed by atoms with van der Waals surface area (Å²) < 4.78 is 0. The lowest BCUT2D eigenvalue weighted by Crippen LogP contribution is -2.18. The summed E-state index contributed by atoms with van der Waals surface area (Å²) >= 11 is 0. The van der Waals surface area contributed by atoms with E-state index in [2.05, 4.69) is 39.8 Å². The van der Waals surface area contributed by atoms with Crippen LogP contribution in [0.3, 0.4) is 0 Å². The lowest BCUT2D eigenvalue weighted by Gasteiger charge is -2.31. The zero-order valence-corrected chi connectivity index (χ0v) is 19.1. The van der Waals surface area contributed by atoms with E-state index in [0.717, 1.165) is 0 Å². The van der Waals surface area contributed by atoms with Gasteiger partial charge in [-0.2, -0.15) is 0 Å². The number of allylic oxidation sites excluding steroid dienone is 2. The van der Waals surface area contributed by atoms with Gasteiger partial charge in [0.2, 0.25) is 0 Å². The molecular weight excluding hydrogens is 312 g/mol. The van der Waals surface area contributed by atoms with Crippen molar-refractivity contribution in [2.24, 2.45) is 5.41 Å². The van der Waals surface area contributed by atoms with Crippen LogP contribution in [0.25, 0.3) is 0 Å². The van der Waals surface area contributed by atoms with Crippen molar-refractivity contribution in [1.82, 2.24) is 0 Å². The fourth-order valence-electron chi connectivity index (χ4n) is 4.27.